The van der Waals surface area contributed by atoms with Gasteiger partial charge in [-0.2, -0.15) is 0 Å². The Kier molecular flexibility index (Phi) is 6.81. The molecule has 0 aromatic heterocycles. The van der Waals surface area contributed by atoms with Gasteiger partial charge in [0.2, 0.25) is 5.91 Å². The molecule has 0 saturated heterocycles. The fraction of sp³-hybridized carbons (Fsp3) is 0.318. The minimum atomic E-state index is -0.0814. The van der Waals surface area contributed by atoms with E-state index in [1.165, 1.54) is 5.56 Å². The molecule has 25 heavy (non-hydrogen) atoms. The molecule has 0 radical (unpaired) electrons. The molecule has 0 bridgehead atoms. The first-order chi connectivity index (χ1) is 12.0. The normalized spacial score (nSPS) is 12.4. The molecule has 0 heterocycles. The fourth-order valence-corrected chi connectivity index (χ4v) is 2.66. The smallest absolute Gasteiger partial charge is 0.244 e. The number of carbonyl (C=O) groups is 1. The van der Waals surface area contributed by atoms with Crippen molar-refractivity contribution in [3.05, 3.63) is 71.3 Å². The van der Waals surface area contributed by atoms with Crippen LogP contribution in [-0.2, 0) is 4.79 Å². The molecule has 0 saturated carbocycles. The minimum Gasteiger partial charge on any atom is -0.497 e. The third kappa shape index (κ3) is 6.11. The summed E-state index contributed by atoms with van der Waals surface area (Å²) < 4.78 is 5.21. The maximum Gasteiger partial charge on any atom is 0.244 e. The molecule has 2 aromatic rings. The Morgan fingerprint density at radius 1 is 1.08 bits per heavy atom. The molecular formula is C22H27NO2. The van der Waals surface area contributed by atoms with E-state index < -0.39 is 0 Å². The summed E-state index contributed by atoms with van der Waals surface area (Å²) in [6, 6.07) is 16.0. The van der Waals surface area contributed by atoms with Gasteiger partial charge in [0, 0.05) is 6.08 Å². The number of carbonyl (C=O) groups excluding carboxylic acids is 1. The Bertz CT molecular complexity index is 700. The van der Waals surface area contributed by atoms with Crippen LogP contribution >= 0.6 is 0 Å². The highest BCUT2D eigenvalue weighted by Crippen LogP contribution is 2.23. The molecule has 132 valence electrons. The number of aryl methyl sites for hydroxylation is 1. The van der Waals surface area contributed by atoms with Crippen molar-refractivity contribution in [1.29, 1.82) is 0 Å². The number of benzene rings is 2. The lowest BCUT2D eigenvalue weighted by molar-refractivity contribution is -0.117. The Morgan fingerprint density at radius 3 is 2.28 bits per heavy atom. The number of amides is 1. The highest BCUT2D eigenvalue weighted by molar-refractivity contribution is 5.92. The summed E-state index contributed by atoms with van der Waals surface area (Å²) in [4.78, 5) is 12.3. The highest BCUT2D eigenvalue weighted by atomic mass is 16.5. The van der Waals surface area contributed by atoms with Gasteiger partial charge in [0.15, 0.2) is 0 Å². The van der Waals surface area contributed by atoms with Crippen LogP contribution in [-0.4, -0.2) is 13.0 Å². The number of methoxy groups -OCH3 is 1. The average Bonchev–Trinajstić information content (AvgIpc) is 2.60. The zero-order valence-corrected chi connectivity index (χ0v) is 15.5. The minimum absolute atomic E-state index is 0.0129. The van der Waals surface area contributed by atoms with E-state index in [1.54, 1.807) is 13.2 Å². The van der Waals surface area contributed by atoms with Gasteiger partial charge in [-0.05, 0) is 48.6 Å². The molecule has 1 amide bonds. The number of nitrogens with one attached hydrogen (secondary N) is 1. The quantitative estimate of drug-likeness (QED) is 0.728. The first-order valence-corrected chi connectivity index (χ1v) is 8.67. The van der Waals surface area contributed by atoms with Gasteiger partial charge in [0.1, 0.15) is 5.75 Å². The van der Waals surface area contributed by atoms with Gasteiger partial charge in [-0.3, -0.25) is 4.79 Å². The van der Waals surface area contributed by atoms with Crippen LogP contribution in [0, 0.1) is 12.8 Å². The predicted octanol–water partition coefficient (Wildman–Crippen LogP) is 4.92. The van der Waals surface area contributed by atoms with Crippen LogP contribution in [0.25, 0.3) is 6.08 Å². The van der Waals surface area contributed by atoms with E-state index in [4.69, 9.17) is 4.74 Å². The largest absolute Gasteiger partial charge is 0.497 e. The third-order valence-electron chi connectivity index (χ3n) is 4.05. The van der Waals surface area contributed by atoms with Crippen molar-refractivity contribution in [2.75, 3.05) is 7.11 Å². The summed E-state index contributed by atoms with van der Waals surface area (Å²) in [6.07, 6.45) is 4.33. The molecule has 1 N–H and O–H groups in total. The zero-order chi connectivity index (χ0) is 18.2. The van der Waals surface area contributed by atoms with Crippen molar-refractivity contribution in [1.82, 2.24) is 5.32 Å². The van der Waals surface area contributed by atoms with Crippen LogP contribution in [0.2, 0.25) is 0 Å². The summed E-state index contributed by atoms with van der Waals surface area (Å²) in [5.41, 5.74) is 3.32. The van der Waals surface area contributed by atoms with Gasteiger partial charge < -0.3 is 10.1 Å². The topological polar surface area (TPSA) is 38.3 Å². The summed E-state index contributed by atoms with van der Waals surface area (Å²) in [7, 11) is 1.65. The SMILES string of the molecule is COc1ccc(C(CC(C)C)NC(=O)/C=C/c2ccc(C)cc2)cc1. The van der Waals surface area contributed by atoms with Gasteiger partial charge in [0.25, 0.3) is 0 Å². The lowest BCUT2D eigenvalue weighted by Crippen LogP contribution is -2.27. The Hall–Kier alpha value is -2.55. The second-order valence-electron chi connectivity index (χ2n) is 6.71. The number of hydrogen-bond acceptors (Lipinski definition) is 2. The van der Waals surface area contributed by atoms with Crippen LogP contribution in [0.3, 0.4) is 0 Å². The standard InChI is InChI=1S/C22H27NO2/c1-16(2)15-21(19-10-12-20(25-4)13-11-19)23-22(24)14-9-18-7-5-17(3)6-8-18/h5-14,16,21H,15H2,1-4H3,(H,23,24)/b14-9+. The van der Waals surface area contributed by atoms with Crippen molar-refractivity contribution in [2.45, 2.75) is 33.2 Å². The maximum absolute atomic E-state index is 12.3. The molecule has 2 rings (SSSR count). The molecule has 3 heteroatoms. The summed E-state index contributed by atoms with van der Waals surface area (Å²) in [5.74, 6) is 1.22. The zero-order valence-electron chi connectivity index (χ0n) is 15.5. The highest BCUT2D eigenvalue weighted by Gasteiger charge is 2.15. The van der Waals surface area contributed by atoms with E-state index >= 15 is 0 Å². The van der Waals surface area contributed by atoms with Crippen molar-refractivity contribution in [3.8, 4) is 5.75 Å². The van der Waals surface area contributed by atoms with Gasteiger partial charge in [-0.15, -0.1) is 0 Å². The monoisotopic (exact) mass is 337 g/mol. The van der Waals surface area contributed by atoms with Gasteiger partial charge in [0.05, 0.1) is 13.2 Å². The predicted molar refractivity (Wildman–Crippen MR) is 104 cm³/mol. The van der Waals surface area contributed by atoms with E-state index in [0.717, 1.165) is 23.3 Å². The molecule has 3 nitrogen and oxygen atoms in total. The fourth-order valence-electron chi connectivity index (χ4n) is 2.66. The molecule has 0 aliphatic heterocycles. The van der Waals surface area contributed by atoms with E-state index in [9.17, 15) is 4.79 Å². The van der Waals surface area contributed by atoms with Crippen LogP contribution in [0.5, 0.6) is 5.75 Å². The van der Waals surface area contributed by atoms with E-state index in [1.807, 2.05) is 61.5 Å². The first kappa shape index (κ1) is 18.8. The van der Waals surface area contributed by atoms with E-state index in [2.05, 4.69) is 19.2 Å². The molecule has 0 spiro atoms. The molecular weight excluding hydrogens is 310 g/mol. The van der Waals surface area contributed by atoms with Crippen molar-refractivity contribution in [2.24, 2.45) is 5.92 Å². The Balaban J connectivity index is 2.07. The molecule has 0 aliphatic carbocycles. The van der Waals surface area contributed by atoms with Crippen molar-refractivity contribution in [3.63, 3.8) is 0 Å². The van der Waals surface area contributed by atoms with Crippen LogP contribution in [0.15, 0.2) is 54.6 Å². The summed E-state index contributed by atoms with van der Waals surface area (Å²) in [6.45, 7) is 6.36. The Morgan fingerprint density at radius 2 is 1.72 bits per heavy atom. The maximum atomic E-state index is 12.3. The van der Waals surface area contributed by atoms with Crippen molar-refractivity contribution >= 4 is 12.0 Å². The number of ether oxygens (including phenoxy) is 1. The second kappa shape index (κ2) is 9.07. The lowest BCUT2D eigenvalue weighted by Gasteiger charge is -2.20. The molecule has 2 aromatic carbocycles. The third-order valence-corrected chi connectivity index (χ3v) is 4.05. The lowest BCUT2D eigenvalue weighted by atomic mass is 9.97. The second-order valence-corrected chi connectivity index (χ2v) is 6.71. The molecule has 0 fully saturated rings. The van der Waals surface area contributed by atoms with Gasteiger partial charge in [-0.1, -0.05) is 55.8 Å². The number of rotatable bonds is 7. The van der Waals surface area contributed by atoms with Gasteiger partial charge in [-0.25, -0.2) is 0 Å². The summed E-state index contributed by atoms with van der Waals surface area (Å²) >= 11 is 0. The molecule has 1 atom stereocenters. The van der Waals surface area contributed by atoms with Crippen LogP contribution in [0.4, 0.5) is 0 Å². The summed E-state index contributed by atoms with van der Waals surface area (Å²) in [5, 5.41) is 3.12. The molecule has 1 unspecified atom stereocenters. The van der Waals surface area contributed by atoms with Crippen LogP contribution in [0.1, 0.15) is 43.0 Å². The average molecular weight is 337 g/mol. The van der Waals surface area contributed by atoms with Crippen molar-refractivity contribution < 1.29 is 9.53 Å². The molecule has 0 aliphatic rings. The number of hydrogen-bond donors (Lipinski definition) is 1. The van der Waals surface area contributed by atoms with E-state index in [-0.39, 0.29) is 11.9 Å². The van der Waals surface area contributed by atoms with E-state index in [0.29, 0.717) is 5.92 Å². The van der Waals surface area contributed by atoms with Gasteiger partial charge >= 0.3 is 0 Å². The first-order valence-electron chi connectivity index (χ1n) is 8.67. The van der Waals surface area contributed by atoms with Crippen LogP contribution < -0.4 is 10.1 Å². The Labute approximate surface area is 150 Å².